The number of ether oxygens (including phenoxy) is 3. The fourth-order valence-electron chi connectivity index (χ4n) is 1.59. The molecule has 116 valence electrons. The van der Waals surface area contributed by atoms with E-state index in [0.29, 0.717) is 17.2 Å². The van der Waals surface area contributed by atoms with E-state index in [-0.39, 0.29) is 0 Å². The second-order valence-electron chi connectivity index (χ2n) is 5.38. The predicted molar refractivity (Wildman–Crippen MR) is 81.1 cm³/mol. The highest BCUT2D eigenvalue weighted by Crippen LogP contribution is 2.24. The topological polar surface area (TPSA) is 69.2 Å². The van der Waals surface area contributed by atoms with Gasteiger partial charge in [-0.3, -0.25) is 0 Å². The molecule has 0 fully saturated rings. The normalized spacial score (nSPS) is 11.8. The van der Waals surface area contributed by atoms with E-state index in [1.807, 2.05) is 0 Å². The fourth-order valence-corrected chi connectivity index (χ4v) is 1.59. The Bertz CT molecular complexity index is 533. The van der Waals surface area contributed by atoms with Crippen molar-refractivity contribution >= 4 is 11.8 Å². The molecule has 6 heteroatoms. The Labute approximate surface area is 125 Å². The van der Waals surface area contributed by atoms with E-state index in [1.54, 1.807) is 60.1 Å². The molecule has 6 nitrogen and oxygen atoms in total. The maximum Gasteiger partial charge on any atom is 0.428 e. The maximum absolute atomic E-state index is 11.6. The summed E-state index contributed by atoms with van der Waals surface area (Å²) in [5.41, 5.74) is 3.10. The summed E-state index contributed by atoms with van der Waals surface area (Å²) in [6.07, 6.45) is -0.608. The van der Waals surface area contributed by atoms with Crippen LogP contribution in [0.4, 0.5) is 4.79 Å². The number of nitrogens with zero attached hydrogens (tertiary/aromatic N) is 1. The summed E-state index contributed by atoms with van der Waals surface area (Å²) in [7, 11) is 3.15. The lowest BCUT2D eigenvalue weighted by Crippen LogP contribution is -2.30. The van der Waals surface area contributed by atoms with Crippen LogP contribution in [0, 0.1) is 0 Å². The van der Waals surface area contributed by atoms with Gasteiger partial charge in [0.2, 0.25) is 0 Å². The van der Waals surface area contributed by atoms with Crippen molar-refractivity contribution in [2.75, 3.05) is 14.2 Å². The molecule has 0 saturated carbocycles. The number of benzene rings is 1. The number of methoxy groups -OCH3 is 2. The van der Waals surface area contributed by atoms with Gasteiger partial charge in [-0.25, -0.2) is 10.2 Å². The zero-order valence-corrected chi connectivity index (χ0v) is 13.3. The number of rotatable bonds is 4. The Morgan fingerprint density at radius 2 is 1.86 bits per heavy atom. The summed E-state index contributed by atoms with van der Waals surface area (Å²) in [5, 5.41) is 4.02. The van der Waals surface area contributed by atoms with E-state index in [9.17, 15) is 4.79 Å². The van der Waals surface area contributed by atoms with Gasteiger partial charge in [-0.05, 0) is 45.9 Å². The van der Waals surface area contributed by atoms with Gasteiger partial charge in [-0.15, -0.1) is 0 Å². The molecule has 0 aliphatic rings. The van der Waals surface area contributed by atoms with Crippen LogP contribution in [0.15, 0.2) is 23.3 Å². The molecule has 1 amide bonds. The van der Waals surface area contributed by atoms with Crippen LogP contribution in [-0.4, -0.2) is 31.6 Å². The van der Waals surface area contributed by atoms with Crippen LogP contribution in [-0.2, 0) is 4.74 Å². The Morgan fingerprint density at radius 3 is 2.38 bits per heavy atom. The average Bonchev–Trinajstić information content (AvgIpc) is 2.42. The highest BCUT2D eigenvalue weighted by Gasteiger charge is 2.16. The molecule has 0 aromatic heterocycles. The lowest BCUT2D eigenvalue weighted by molar-refractivity contribution is 0.0529. The van der Waals surface area contributed by atoms with E-state index in [4.69, 9.17) is 14.2 Å². The van der Waals surface area contributed by atoms with Crippen molar-refractivity contribution in [1.82, 2.24) is 5.43 Å². The van der Waals surface area contributed by atoms with Crippen molar-refractivity contribution in [2.45, 2.75) is 33.3 Å². The van der Waals surface area contributed by atoms with E-state index < -0.39 is 11.7 Å². The standard InChI is InChI=1S/C15H22N2O4/c1-10(16-17-14(18)21-15(2,3)4)12-9-11(19-5)7-8-13(12)20-6/h7-9H,1-6H3,(H,17,18)/b16-10-. The highest BCUT2D eigenvalue weighted by atomic mass is 16.6. The van der Waals surface area contributed by atoms with Gasteiger partial charge in [-0.1, -0.05) is 0 Å². The van der Waals surface area contributed by atoms with Gasteiger partial charge in [0.1, 0.15) is 17.1 Å². The predicted octanol–water partition coefficient (Wildman–Crippen LogP) is 2.95. The van der Waals surface area contributed by atoms with Gasteiger partial charge in [-0.2, -0.15) is 5.10 Å². The third-order valence-corrected chi connectivity index (χ3v) is 2.51. The molecular formula is C15H22N2O4. The molecule has 0 atom stereocenters. The number of carbonyl (C=O) groups excluding carboxylic acids is 1. The van der Waals surface area contributed by atoms with Crippen LogP contribution in [0.5, 0.6) is 11.5 Å². The first-order valence-corrected chi connectivity index (χ1v) is 6.52. The molecule has 1 aromatic rings. The minimum Gasteiger partial charge on any atom is -0.497 e. The molecule has 0 bridgehead atoms. The first-order valence-electron chi connectivity index (χ1n) is 6.52. The zero-order chi connectivity index (χ0) is 16.0. The average molecular weight is 294 g/mol. The Balaban J connectivity index is 2.89. The van der Waals surface area contributed by atoms with E-state index >= 15 is 0 Å². The third-order valence-electron chi connectivity index (χ3n) is 2.51. The largest absolute Gasteiger partial charge is 0.497 e. The summed E-state index contributed by atoms with van der Waals surface area (Å²) in [6, 6.07) is 5.35. The first kappa shape index (κ1) is 16.8. The molecule has 0 spiro atoms. The van der Waals surface area contributed by atoms with Crippen LogP contribution in [0.1, 0.15) is 33.3 Å². The summed E-state index contributed by atoms with van der Waals surface area (Å²) < 4.78 is 15.6. The second-order valence-corrected chi connectivity index (χ2v) is 5.38. The van der Waals surface area contributed by atoms with E-state index in [0.717, 1.165) is 5.56 Å². The number of hydrazone groups is 1. The smallest absolute Gasteiger partial charge is 0.428 e. The van der Waals surface area contributed by atoms with Crippen LogP contribution in [0.25, 0.3) is 0 Å². The Hall–Kier alpha value is -2.24. The third kappa shape index (κ3) is 5.33. The molecule has 0 radical (unpaired) electrons. The van der Waals surface area contributed by atoms with E-state index in [1.165, 1.54) is 0 Å². The van der Waals surface area contributed by atoms with Gasteiger partial charge in [0.25, 0.3) is 0 Å². The van der Waals surface area contributed by atoms with Crippen LogP contribution >= 0.6 is 0 Å². The van der Waals surface area contributed by atoms with Gasteiger partial charge >= 0.3 is 6.09 Å². The van der Waals surface area contributed by atoms with Crippen molar-refractivity contribution < 1.29 is 19.0 Å². The maximum atomic E-state index is 11.6. The zero-order valence-electron chi connectivity index (χ0n) is 13.3. The molecule has 1 aromatic carbocycles. The summed E-state index contributed by atoms with van der Waals surface area (Å²) in [4.78, 5) is 11.6. The Morgan fingerprint density at radius 1 is 1.19 bits per heavy atom. The molecule has 1 N–H and O–H groups in total. The van der Waals surface area contributed by atoms with Crippen molar-refractivity contribution in [3.8, 4) is 11.5 Å². The van der Waals surface area contributed by atoms with Gasteiger partial charge in [0.15, 0.2) is 0 Å². The van der Waals surface area contributed by atoms with Gasteiger partial charge in [0, 0.05) is 5.56 Å². The molecule has 0 aliphatic heterocycles. The SMILES string of the molecule is COc1ccc(OC)c(/C(C)=N\NC(=O)OC(C)(C)C)c1. The highest BCUT2D eigenvalue weighted by molar-refractivity contribution is 6.01. The monoisotopic (exact) mass is 294 g/mol. The number of hydrogen-bond acceptors (Lipinski definition) is 5. The lowest BCUT2D eigenvalue weighted by Gasteiger charge is -2.18. The molecular weight excluding hydrogens is 272 g/mol. The number of amides is 1. The molecule has 0 aliphatic carbocycles. The molecule has 0 heterocycles. The van der Waals surface area contributed by atoms with Gasteiger partial charge < -0.3 is 14.2 Å². The summed E-state index contributed by atoms with van der Waals surface area (Å²) in [5.74, 6) is 1.32. The van der Waals surface area contributed by atoms with Gasteiger partial charge in [0.05, 0.1) is 19.9 Å². The fraction of sp³-hybridized carbons (Fsp3) is 0.467. The molecule has 1 rings (SSSR count). The second kappa shape index (κ2) is 6.97. The van der Waals surface area contributed by atoms with Crippen molar-refractivity contribution in [1.29, 1.82) is 0 Å². The van der Waals surface area contributed by atoms with Crippen molar-refractivity contribution in [3.05, 3.63) is 23.8 Å². The number of hydrogen-bond donors (Lipinski definition) is 1. The lowest BCUT2D eigenvalue weighted by atomic mass is 10.1. The summed E-state index contributed by atoms with van der Waals surface area (Å²) >= 11 is 0. The van der Waals surface area contributed by atoms with Crippen LogP contribution in [0.2, 0.25) is 0 Å². The molecule has 21 heavy (non-hydrogen) atoms. The quantitative estimate of drug-likeness (QED) is 0.684. The van der Waals surface area contributed by atoms with Crippen molar-refractivity contribution in [3.63, 3.8) is 0 Å². The minimum atomic E-state index is -0.608. The number of nitrogens with one attached hydrogen (secondary N) is 1. The first-order chi connectivity index (χ1) is 9.76. The van der Waals surface area contributed by atoms with Crippen LogP contribution in [0.3, 0.4) is 0 Å². The van der Waals surface area contributed by atoms with E-state index in [2.05, 4.69) is 10.5 Å². The Kier molecular flexibility index (Phi) is 5.58. The molecule has 0 unspecified atom stereocenters. The minimum absolute atomic E-state index is 0.568. The summed E-state index contributed by atoms with van der Waals surface area (Å²) in [6.45, 7) is 7.12. The molecule has 0 saturated heterocycles. The van der Waals surface area contributed by atoms with Crippen molar-refractivity contribution in [2.24, 2.45) is 5.10 Å². The number of carbonyl (C=O) groups is 1. The van der Waals surface area contributed by atoms with Crippen LogP contribution < -0.4 is 14.9 Å².